The standard InChI is InChI=1S/C16H18N4O2/c1-10(2)13-14(18-8-7-17-13)19-15(21)12-4-3-9-20(16(12)22)11-5-6-11/h3-4,7-11H,5-6H2,1-2H3,(H,18,19,21). The van der Waals surface area contributed by atoms with Crippen molar-refractivity contribution in [3.05, 3.63) is 52.3 Å². The van der Waals surface area contributed by atoms with Crippen LogP contribution in [0.25, 0.3) is 0 Å². The average molecular weight is 298 g/mol. The van der Waals surface area contributed by atoms with Crippen molar-refractivity contribution in [2.75, 3.05) is 5.32 Å². The molecule has 0 aromatic carbocycles. The number of anilines is 1. The summed E-state index contributed by atoms with van der Waals surface area (Å²) < 4.78 is 1.63. The van der Waals surface area contributed by atoms with Gasteiger partial charge in [0.2, 0.25) is 0 Å². The van der Waals surface area contributed by atoms with E-state index in [1.807, 2.05) is 13.8 Å². The monoisotopic (exact) mass is 298 g/mol. The van der Waals surface area contributed by atoms with Gasteiger partial charge in [-0.3, -0.25) is 14.6 Å². The number of nitrogens with zero attached hydrogens (tertiary/aromatic N) is 3. The Balaban J connectivity index is 1.90. The normalized spacial score (nSPS) is 14.1. The van der Waals surface area contributed by atoms with Gasteiger partial charge in [0.25, 0.3) is 11.5 Å². The second-order valence-corrected chi connectivity index (χ2v) is 5.76. The summed E-state index contributed by atoms with van der Waals surface area (Å²) in [4.78, 5) is 33.2. The minimum absolute atomic E-state index is 0.128. The van der Waals surface area contributed by atoms with Gasteiger partial charge in [0.05, 0.1) is 5.69 Å². The van der Waals surface area contributed by atoms with Crippen LogP contribution in [-0.4, -0.2) is 20.4 Å². The van der Waals surface area contributed by atoms with Crippen molar-refractivity contribution < 1.29 is 4.79 Å². The lowest BCUT2D eigenvalue weighted by Gasteiger charge is -2.11. The Kier molecular flexibility index (Phi) is 3.75. The number of aromatic nitrogens is 3. The molecule has 0 unspecified atom stereocenters. The van der Waals surface area contributed by atoms with Crippen LogP contribution in [0.1, 0.15) is 54.7 Å². The van der Waals surface area contributed by atoms with E-state index in [0.29, 0.717) is 11.5 Å². The SMILES string of the molecule is CC(C)c1nccnc1NC(=O)c1cccn(C2CC2)c1=O. The first-order valence-electron chi connectivity index (χ1n) is 7.41. The molecule has 1 fully saturated rings. The molecule has 0 spiro atoms. The van der Waals surface area contributed by atoms with Crippen LogP contribution in [-0.2, 0) is 0 Å². The van der Waals surface area contributed by atoms with E-state index in [9.17, 15) is 9.59 Å². The quantitative estimate of drug-likeness (QED) is 0.940. The lowest BCUT2D eigenvalue weighted by molar-refractivity contribution is 0.102. The van der Waals surface area contributed by atoms with E-state index in [4.69, 9.17) is 0 Å². The number of rotatable bonds is 4. The van der Waals surface area contributed by atoms with Crippen LogP contribution < -0.4 is 10.9 Å². The molecule has 3 rings (SSSR count). The zero-order chi connectivity index (χ0) is 15.7. The fraction of sp³-hybridized carbons (Fsp3) is 0.375. The minimum Gasteiger partial charge on any atom is -0.312 e. The smallest absolute Gasteiger partial charge is 0.263 e. The highest BCUT2D eigenvalue weighted by Crippen LogP contribution is 2.33. The average Bonchev–Trinajstić information content (AvgIpc) is 3.32. The number of nitrogens with one attached hydrogen (secondary N) is 1. The number of carbonyl (C=O) groups excluding carboxylic acids is 1. The third kappa shape index (κ3) is 2.77. The van der Waals surface area contributed by atoms with Crippen molar-refractivity contribution in [1.82, 2.24) is 14.5 Å². The van der Waals surface area contributed by atoms with Gasteiger partial charge in [-0.15, -0.1) is 0 Å². The zero-order valence-corrected chi connectivity index (χ0v) is 12.6. The molecule has 6 nitrogen and oxygen atoms in total. The molecule has 2 heterocycles. The predicted molar refractivity (Wildman–Crippen MR) is 83.0 cm³/mol. The van der Waals surface area contributed by atoms with Crippen LogP contribution in [0.15, 0.2) is 35.5 Å². The van der Waals surface area contributed by atoms with E-state index < -0.39 is 5.91 Å². The second-order valence-electron chi connectivity index (χ2n) is 5.76. The minimum atomic E-state index is -0.442. The molecule has 0 saturated heterocycles. The maximum atomic E-state index is 12.4. The van der Waals surface area contributed by atoms with E-state index >= 15 is 0 Å². The lowest BCUT2D eigenvalue weighted by Crippen LogP contribution is -2.28. The second kappa shape index (κ2) is 5.71. The highest BCUT2D eigenvalue weighted by atomic mass is 16.2. The van der Waals surface area contributed by atoms with Crippen LogP contribution in [0.5, 0.6) is 0 Å². The van der Waals surface area contributed by atoms with Crippen molar-refractivity contribution in [1.29, 1.82) is 0 Å². The molecule has 6 heteroatoms. The number of amides is 1. The molecule has 2 aromatic rings. The van der Waals surface area contributed by atoms with Crippen LogP contribution in [0.2, 0.25) is 0 Å². The fourth-order valence-electron chi connectivity index (χ4n) is 2.37. The molecule has 0 radical (unpaired) electrons. The molecule has 2 aromatic heterocycles. The van der Waals surface area contributed by atoms with Crippen molar-refractivity contribution >= 4 is 11.7 Å². The Morgan fingerprint density at radius 1 is 1.32 bits per heavy atom. The maximum Gasteiger partial charge on any atom is 0.263 e. The molecule has 1 aliphatic carbocycles. The molecule has 22 heavy (non-hydrogen) atoms. The number of hydrogen-bond acceptors (Lipinski definition) is 4. The summed E-state index contributed by atoms with van der Waals surface area (Å²) in [7, 11) is 0. The van der Waals surface area contributed by atoms with Gasteiger partial charge in [0.1, 0.15) is 5.56 Å². The molecule has 1 aliphatic rings. The molecule has 114 valence electrons. The van der Waals surface area contributed by atoms with Gasteiger partial charge in [-0.1, -0.05) is 13.8 Å². The predicted octanol–water partition coefficient (Wildman–Crippen LogP) is 2.35. The first kappa shape index (κ1) is 14.4. The topological polar surface area (TPSA) is 76.9 Å². The summed E-state index contributed by atoms with van der Waals surface area (Å²) in [6.45, 7) is 3.95. The Labute approximate surface area is 128 Å². The first-order chi connectivity index (χ1) is 10.6. The lowest BCUT2D eigenvalue weighted by atomic mass is 10.1. The van der Waals surface area contributed by atoms with Crippen molar-refractivity contribution in [3.8, 4) is 0 Å². The van der Waals surface area contributed by atoms with E-state index in [1.54, 1.807) is 29.1 Å². The van der Waals surface area contributed by atoms with E-state index in [0.717, 1.165) is 12.8 Å². The van der Waals surface area contributed by atoms with Gasteiger partial charge in [-0.25, -0.2) is 4.98 Å². The van der Waals surface area contributed by atoms with E-state index in [2.05, 4.69) is 15.3 Å². The first-order valence-corrected chi connectivity index (χ1v) is 7.41. The summed E-state index contributed by atoms with van der Waals surface area (Å²) in [5, 5.41) is 2.71. The number of hydrogen-bond donors (Lipinski definition) is 1. The summed E-state index contributed by atoms with van der Waals surface area (Å²) in [6, 6.07) is 3.51. The zero-order valence-electron chi connectivity index (χ0n) is 12.6. The summed E-state index contributed by atoms with van der Waals surface area (Å²) >= 11 is 0. The van der Waals surface area contributed by atoms with E-state index in [1.165, 1.54) is 6.20 Å². The summed E-state index contributed by atoms with van der Waals surface area (Å²) in [6.07, 6.45) is 6.83. The highest BCUT2D eigenvalue weighted by Gasteiger charge is 2.26. The van der Waals surface area contributed by atoms with Gasteiger partial charge >= 0.3 is 0 Å². The molecule has 1 N–H and O–H groups in total. The largest absolute Gasteiger partial charge is 0.312 e. The molecular weight excluding hydrogens is 280 g/mol. The summed E-state index contributed by atoms with van der Waals surface area (Å²) in [5.74, 6) is 0.0917. The number of carbonyl (C=O) groups is 1. The van der Waals surface area contributed by atoms with Crippen molar-refractivity contribution in [2.24, 2.45) is 0 Å². The van der Waals surface area contributed by atoms with Gasteiger partial charge in [-0.2, -0.15) is 0 Å². The molecule has 1 amide bonds. The molecular formula is C16H18N4O2. The van der Waals surface area contributed by atoms with Gasteiger partial charge in [-0.05, 0) is 30.9 Å². The Morgan fingerprint density at radius 3 is 2.73 bits per heavy atom. The Hall–Kier alpha value is -2.50. The van der Waals surface area contributed by atoms with Crippen LogP contribution >= 0.6 is 0 Å². The molecule has 1 saturated carbocycles. The summed E-state index contributed by atoms with van der Waals surface area (Å²) in [5.41, 5.74) is 0.585. The van der Waals surface area contributed by atoms with Gasteiger partial charge in [0.15, 0.2) is 5.82 Å². The third-order valence-corrected chi connectivity index (χ3v) is 3.66. The maximum absolute atomic E-state index is 12.4. The molecule has 0 atom stereocenters. The van der Waals surface area contributed by atoms with Crippen LogP contribution in [0, 0.1) is 0 Å². The number of pyridine rings is 1. The third-order valence-electron chi connectivity index (χ3n) is 3.66. The van der Waals surface area contributed by atoms with Crippen LogP contribution in [0.4, 0.5) is 5.82 Å². The van der Waals surface area contributed by atoms with Crippen LogP contribution in [0.3, 0.4) is 0 Å². The van der Waals surface area contributed by atoms with Gasteiger partial charge in [0, 0.05) is 24.6 Å². The van der Waals surface area contributed by atoms with E-state index in [-0.39, 0.29) is 23.1 Å². The fourth-order valence-corrected chi connectivity index (χ4v) is 2.37. The molecule has 0 bridgehead atoms. The van der Waals surface area contributed by atoms with Crippen molar-refractivity contribution in [3.63, 3.8) is 0 Å². The molecule has 0 aliphatic heterocycles. The Bertz CT molecular complexity index is 763. The highest BCUT2D eigenvalue weighted by molar-refractivity contribution is 6.03. The van der Waals surface area contributed by atoms with Gasteiger partial charge < -0.3 is 9.88 Å². The van der Waals surface area contributed by atoms with Crippen molar-refractivity contribution in [2.45, 2.75) is 38.6 Å². The Morgan fingerprint density at radius 2 is 2.05 bits per heavy atom.